The van der Waals surface area contributed by atoms with E-state index in [9.17, 15) is 4.79 Å². The first kappa shape index (κ1) is 25.1. The highest BCUT2D eigenvalue weighted by Gasteiger charge is 2.45. The van der Waals surface area contributed by atoms with Crippen LogP contribution in [0.3, 0.4) is 0 Å². The first-order chi connectivity index (χ1) is 18.7. The van der Waals surface area contributed by atoms with Crippen LogP contribution in [0.4, 0.5) is 5.82 Å². The monoisotopic (exact) mass is 541 g/mol. The summed E-state index contributed by atoms with van der Waals surface area (Å²) in [7, 11) is 1.85. The molecule has 0 unspecified atom stereocenters. The molecule has 39 heavy (non-hydrogen) atoms. The van der Waals surface area contributed by atoms with Crippen molar-refractivity contribution < 1.29 is 9.32 Å². The summed E-state index contributed by atoms with van der Waals surface area (Å²) in [5.41, 5.74) is 5.92. The molecule has 10 heteroatoms. The molecule has 0 atom stereocenters. The Hall–Kier alpha value is -4.24. The first-order valence-electron chi connectivity index (χ1n) is 12.8. The van der Waals surface area contributed by atoms with Gasteiger partial charge in [0.1, 0.15) is 11.6 Å². The van der Waals surface area contributed by atoms with E-state index in [-0.39, 0.29) is 17.3 Å². The van der Waals surface area contributed by atoms with E-state index in [1.165, 1.54) is 0 Å². The lowest BCUT2D eigenvalue weighted by atomic mass is 10.0. The maximum absolute atomic E-state index is 13.2. The molecule has 3 aromatic heterocycles. The van der Waals surface area contributed by atoms with Crippen LogP contribution in [0.15, 0.2) is 53.2 Å². The summed E-state index contributed by atoms with van der Waals surface area (Å²) in [5, 5.41) is 16.5. The van der Waals surface area contributed by atoms with Gasteiger partial charge in [-0.1, -0.05) is 35.0 Å². The third kappa shape index (κ3) is 4.74. The molecule has 5 aromatic rings. The van der Waals surface area contributed by atoms with Crippen molar-refractivity contribution in [1.82, 2.24) is 30.2 Å². The van der Waals surface area contributed by atoms with Crippen LogP contribution in [-0.4, -0.2) is 30.8 Å². The average molecular weight is 542 g/mol. The smallest absolute Gasteiger partial charge is 0.289 e. The molecule has 3 heterocycles. The van der Waals surface area contributed by atoms with Crippen molar-refractivity contribution in [3.05, 3.63) is 87.8 Å². The van der Waals surface area contributed by atoms with E-state index in [2.05, 4.69) is 31.9 Å². The minimum absolute atomic E-state index is 0.0959. The van der Waals surface area contributed by atoms with Gasteiger partial charge in [0.2, 0.25) is 5.82 Å². The molecule has 9 nitrogen and oxygen atoms in total. The highest BCUT2D eigenvalue weighted by Crippen LogP contribution is 2.49. The van der Waals surface area contributed by atoms with Gasteiger partial charge in [-0.05, 0) is 69.0 Å². The second kappa shape index (κ2) is 9.50. The SMILES string of the molecule is Cc1nn(C)cc1CNC(=O)c1nc(NC2(c3cccc(Cl)c3)CC2)c2cc(-c3c(C)noc3C)ccc2n1. The molecule has 0 bridgehead atoms. The minimum Gasteiger partial charge on any atom is -0.361 e. The lowest BCUT2D eigenvalue weighted by Crippen LogP contribution is -2.26. The molecule has 1 fully saturated rings. The Balaban J connectivity index is 1.41. The Bertz CT molecular complexity index is 1720. The van der Waals surface area contributed by atoms with Crippen molar-refractivity contribution in [2.75, 3.05) is 5.32 Å². The number of aryl methyl sites for hydroxylation is 4. The molecule has 1 saturated carbocycles. The maximum Gasteiger partial charge on any atom is 0.289 e. The quantitative estimate of drug-likeness (QED) is 0.275. The number of anilines is 1. The van der Waals surface area contributed by atoms with E-state index in [4.69, 9.17) is 21.1 Å². The molecule has 6 rings (SSSR count). The molecule has 0 saturated heterocycles. The molecular formula is C29H28ClN7O2. The van der Waals surface area contributed by atoms with Gasteiger partial charge in [0, 0.05) is 41.3 Å². The molecule has 0 aliphatic heterocycles. The fraction of sp³-hybridized carbons (Fsp3) is 0.276. The fourth-order valence-electron chi connectivity index (χ4n) is 5.08. The predicted octanol–water partition coefficient (Wildman–Crippen LogP) is 5.63. The number of carbonyl (C=O) groups is 1. The summed E-state index contributed by atoms with van der Waals surface area (Å²) >= 11 is 6.32. The number of hydrogen-bond donors (Lipinski definition) is 2. The largest absolute Gasteiger partial charge is 0.361 e. The number of carbonyl (C=O) groups excluding carboxylic acids is 1. The highest BCUT2D eigenvalue weighted by molar-refractivity contribution is 6.30. The zero-order chi connectivity index (χ0) is 27.3. The molecule has 0 radical (unpaired) electrons. The molecule has 1 aliphatic carbocycles. The van der Waals surface area contributed by atoms with Crippen molar-refractivity contribution in [3.63, 3.8) is 0 Å². The molecule has 1 aliphatic rings. The predicted molar refractivity (Wildman–Crippen MR) is 150 cm³/mol. The molecule has 0 spiro atoms. The van der Waals surface area contributed by atoms with Crippen molar-refractivity contribution >= 4 is 34.2 Å². The normalized spacial score (nSPS) is 14.0. The fourth-order valence-corrected chi connectivity index (χ4v) is 5.27. The summed E-state index contributed by atoms with van der Waals surface area (Å²) in [6.45, 7) is 6.06. The first-order valence-corrected chi connectivity index (χ1v) is 13.2. The number of rotatable bonds is 7. The van der Waals surface area contributed by atoms with Crippen molar-refractivity contribution in [2.24, 2.45) is 7.05 Å². The Morgan fingerprint density at radius 2 is 1.92 bits per heavy atom. The molecule has 2 aromatic carbocycles. The van der Waals surface area contributed by atoms with Gasteiger partial charge in [0.05, 0.1) is 22.4 Å². The zero-order valence-corrected chi connectivity index (χ0v) is 22.9. The van der Waals surface area contributed by atoms with Gasteiger partial charge in [-0.25, -0.2) is 9.97 Å². The maximum atomic E-state index is 13.2. The van der Waals surface area contributed by atoms with E-state index >= 15 is 0 Å². The van der Waals surface area contributed by atoms with Crippen LogP contribution < -0.4 is 10.6 Å². The average Bonchev–Trinajstić information content (AvgIpc) is 3.52. The third-order valence-corrected chi connectivity index (χ3v) is 7.50. The summed E-state index contributed by atoms with van der Waals surface area (Å²) < 4.78 is 7.14. The van der Waals surface area contributed by atoms with Crippen molar-refractivity contribution in [3.8, 4) is 11.1 Å². The van der Waals surface area contributed by atoms with Gasteiger partial charge in [0.25, 0.3) is 5.91 Å². The van der Waals surface area contributed by atoms with Crippen molar-refractivity contribution in [2.45, 2.75) is 45.7 Å². The summed E-state index contributed by atoms with van der Waals surface area (Å²) in [6.07, 6.45) is 3.73. The molecule has 2 N–H and O–H groups in total. The number of hydrogen-bond acceptors (Lipinski definition) is 7. The van der Waals surface area contributed by atoms with E-state index in [0.717, 1.165) is 57.6 Å². The summed E-state index contributed by atoms with van der Waals surface area (Å²) in [6, 6.07) is 13.8. The number of aromatic nitrogens is 5. The number of amides is 1. The van der Waals surface area contributed by atoms with Gasteiger partial charge in [0.15, 0.2) is 0 Å². The number of nitrogens with zero attached hydrogens (tertiary/aromatic N) is 5. The van der Waals surface area contributed by atoms with Gasteiger partial charge in [-0.2, -0.15) is 5.10 Å². The van der Waals surface area contributed by atoms with Crippen LogP contribution >= 0.6 is 11.6 Å². The van der Waals surface area contributed by atoms with E-state index in [1.807, 2.05) is 70.4 Å². The molecule has 1 amide bonds. The zero-order valence-electron chi connectivity index (χ0n) is 22.2. The topological polar surface area (TPSA) is 111 Å². The summed E-state index contributed by atoms with van der Waals surface area (Å²) in [4.78, 5) is 22.6. The Morgan fingerprint density at radius 3 is 2.59 bits per heavy atom. The second-order valence-corrected chi connectivity index (χ2v) is 10.6. The van der Waals surface area contributed by atoms with Gasteiger partial charge in [-0.3, -0.25) is 9.48 Å². The lowest BCUT2D eigenvalue weighted by molar-refractivity contribution is 0.0941. The number of fused-ring (bicyclic) bond motifs is 1. The number of benzene rings is 2. The summed E-state index contributed by atoms with van der Waals surface area (Å²) in [5.74, 6) is 1.07. The van der Waals surface area contributed by atoms with E-state index in [1.54, 1.807) is 4.68 Å². The van der Waals surface area contributed by atoms with Crippen molar-refractivity contribution in [1.29, 1.82) is 0 Å². The van der Waals surface area contributed by atoms with Crippen LogP contribution in [0, 0.1) is 20.8 Å². The lowest BCUT2D eigenvalue weighted by Gasteiger charge is -2.21. The Kier molecular flexibility index (Phi) is 6.10. The van der Waals surface area contributed by atoms with Crippen LogP contribution in [-0.2, 0) is 19.1 Å². The van der Waals surface area contributed by atoms with Crippen LogP contribution in [0.5, 0.6) is 0 Å². The minimum atomic E-state index is -0.356. The van der Waals surface area contributed by atoms with E-state index < -0.39 is 0 Å². The van der Waals surface area contributed by atoms with E-state index in [0.29, 0.717) is 22.9 Å². The van der Waals surface area contributed by atoms with Gasteiger partial charge in [-0.15, -0.1) is 0 Å². The second-order valence-electron chi connectivity index (χ2n) is 10.1. The van der Waals surface area contributed by atoms with Crippen LogP contribution in [0.25, 0.3) is 22.0 Å². The number of nitrogens with one attached hydrogen (secondary N) is 2. The number of halogens is 1. The third-order valence-electron chi connectivity index (χ3n) is 7.26. The molecule has 198 valence electrons. The Labute approximate surface area is 230 Å². The molecular weight excluding hydrogens is 514 g/mol. The standard InChI is InChI=1S/C29H28ClN7O2/c1-16-20(15-37(4)35-16)14-31-28(38)27-32-24-9-8-19(25-17(2)36-39-18(25)3)12-23(24)26(33-27)34-29(10-11-29)21-6-5-7-22(30)13-21/h5-9,12-13,15H,10-11,14H2,1-4H3,(H,31,38)(H,32,33,34). The Morgan fingerprint density at radius 1 is 1.10 bits per heavy atom. The van der Waals surface area contributed by atoms with Gasteiger partial charge < -0.3 is 15.2 Å². The van der Waals surface area contributed by atoms with Crippen LogP contribution in [0.2, 0.25) is 5.02 Å². The highest BCUT2D eigenvalue weighted by atomic mass is 35.5. The van der Waals surface area contributed by atoms with Crippen LogP contribution in [0.1, 0.15) is 51.7 Å². The van der Waals surface area contributed by atoms with Gasteiger partial charge >= 0.3 is 0 Å².